The van der Waals surface area contributed by atoms with Gasteiger partial charge in [-0.1, -0.05) is 6.92 Å². The molecule has 186 valence electrons. The van der Waals surface area contributed by atoms with Crippen LogP contribution in [0.3, 0.4) is 0 Å². The van der Waals surface area contributed by atoms with Crippen LogP contribution in [0.5, 0.6) is 0 Å². The maximum Gasteiger partial charge on any atom is 0.385 e. The zero-order valence-corrected chi connectivity index (χ0v) is 13.9. The van der Waals surface area contributed by atoms with Gasteiger partial charge in [-0.15, -0.1) is 0 Å². The van der Waals surface area contributed by atoms with E-state index in [2.05, 4.69) is 0 Å². The Hall–Kier alpha value is -1.59. The number of rotatable bonds is 9. The van der Waals surface area contributed by atoms with E-state index in [1.54, 1.807) is 0 Å². The van der Waals surface area contributed by atoms with Crippen LogP contribution in [0.25, 0.3) is 0 Å². The molecule has 0 aromatic heterocycles. The SMILES string of the molecule is CCC(F)(F)C(F)(F)C(F)(F)C(F)(F)C(F)(F)C(F)(F)C(F)(F)C(F)(F)C(F)=C(F)F. The van der Waals surface area contributed by atoms with Crippen LogP contribution in [-0.2, 0) is 0 Å². The second kappa shape index (κ2) is 7.48. The van der Waals surface area contributed by atoms with Crippen molar-refractivity contribution in [2.75, 3.05) is 0 Å². The lowest BCUT2D eigenvalue weighted by Crippen LogP contribution is -2.74. The molecule has 19 heteroatoms. The van der Waals surface area contributed by atoms with E-state index in [4.69, 9.17) is 0 Å². The predicted molar refractivity (Wildman–Crippen MR) is 60.2 cm³/mol. The molecule has 0 N–H and O–H groups in total. The molecular formula is C12H5F19. The molecule has 0 aromatic carbocycles. The first-order valence-electron chi connectivity index (χ1n) is 6.90. The molecule has 0 unspecified atom stereocenters. The first-order valence-corrected chi connectivity index (χ1v) is 6.90. The second-order valence-corrected chi connectivity index (χ2v) is 5.65. The van der Waals surface area contributed by atoms with Crippen LogP contribution in [-0.4, -0.2) is 47.4 Å². The second-order valence-electron chi connectivity index (χ2n) is 5.65. The Morgan fingerprint density at radius 1 is 0.452 bits per heavy atom. The molecular weight excluding hydrogens is 505 g/mol. The lowest BCUT2D eigenvalue weighted by molar-refractivity contribution is -0.452. The molecule has 0 nitrogen and oxygen atoms in total. The van der Waals surface area contributed by atoms with Crippen molar-refractivity contribution in [2.24, 2.45) is 0 Å². The Balaban J connectivity index is 6.92. The van der Waals surface area contributed by atoms with Gasteiger partial charge in [0.25, 0.3) is 0 Å². The van der Waals surface area contributed by atoms with E-state index in [0.717, 1.165) is 0 Å². The zero-order chi connectivity index (χ0) is 25.9. The van der Waals surface area contributed by atoms with Gasteiger partial charge in [-0.05, 0) is 0 Å². The van der Waals surface area contributed by atoms with E-state index in [9.17, 15) is 83.4 Å². The van der Waals surface area contributed by atoms with Crippen molar-refractivity contribution in [1.29, 1.82) is 0 Å². The molecule has 0 fully saturated rings. The molecule has 0 aliphatic heterocycles. The van der Waals surface area contributed by atoms with E-state index in [-0.39, 0.29) is 6.92 Å². The Labute approximate surface area is 157 Å². The van der Waals surface area contributed by atoms with Crippen molar-refractivity contribution >= 4 is 0 Å². The van der Waals surface area contributed by atoms with Crippen LogP contribution in [0, 0.1) is 0 Å². The van der Waals surface area contributed by atoms with Crippen LogP contribution >= 0.6 is 0 Å². The topological polar surface area (TPSA) is 0 Å². The molecule has 0 heterocycles. The van der Waals surface area contributed by atoms with Crippen molar-refractivity contribution in [3.63, 3.8) is 0 Å². The number of halogens is 19. The van der Waals surface area contributed by atoms with Gasteiger partial charge in [-0.3, -0.25) is 0 Å². The zero-order valence-electron chi connectivity index (χ0n) is 13.9. The average molecular weight is 510 g/mol. The van der Waals surface area contributed by atoms with Crippen molar-refractivity contribution in [1.82, 2.24) is 0 Å². The van der Waals surface area contributed by atoms with Crippen LogP contribution < -0.4 is 0 Å². The molecule has 31 heavy (non-hydrogen) atoms. The number of allylic oxidation sites excluding steroid dienone is 1. The van der Waals surface area contributed by atoms with Crippen molar-refractivity contribution in [2.45, 2.75) is 60.7 Å². The quantitative estimate of drug-likeness (QED) is 0.281. The maximum absolute atomic E-state index is 13.3. The van der Waals surface area contributed by atoms with Gasteiger partial charge >= 0.3 is 53.5 Å². The van der Waals surface area contributed by atoms with Crippen LogP contribution in [0.2, 0.25) is 0 Å². The standard InChI is InChI=1S/C12H5F19/c1-2-5(16,17)7(20,21)9(24,25)11(28,29)12(30,31)10(26,27)8(22,23)6(18,19)3(13)4(14)15/h2H2,1H3. The van der Waals surface area contributed by atoms with Gasteiger partial charge in [0.15, 0.2) is 0 Å². The van der Waals surface area contributed by atoms with Gasteiger partial charge in [0.2, 0.25) is 5.83 Å². The number of hydrogen-bond donors (Lipinski definition) is 0. The summed E-state index contributed by atoms with van der Waals surface area (Å²) >= 11 is 0. The van der Waals surface area contributed by atoms with E-state index < -0.39 is 65.7 Å². The molecule has 0 spiro atoms. The van der Waals surface area contributed by atoms with Gasteiger partial charge in [-0.2, -0.15) is 83.4 Å². The molecule has 0 rings (SSSR count). The first kappa shape index (κ1) is 29.4. The largest absolute Gasteiger partial charge is 0.385 e. The number of alkyl halides is 16. The summed E-state index contributed by atoms with van der Waals surface area (Å²) in [5.74, 6) is -69.6. The summed E-state index contributed by atoms with van der Waals surface area (Å²) < 4.78 is 246. The molecule has 0 saturated carbocycles. The summed E-state index contributed by atoms with van der Waals surface area (Å²) in [4.78, 5) is 0. The summed E-state index contributed by atoms with van der Waals surface area (Å²) in [5, 5.41) is 0. The fourth-order valence-corrected chi connectivity index (χ4v) is 1.69. The fraction of sp³-hybridized carbons (Fsp3) is 0.833. The lowest BCUT2D eigenvalue weighted by Gasteiger charge is -2.43. The van der Waals surface area contributed by atoms with Crippen LogP contribution in [0.15, 0.2) is 11.9 Å². The van der Waals surface area contributed by atoms with Gasteiger partial charge < -0.3 is 0 Å². The van der Waals surface area contributed by atoms with Crippen molar-refractivity contribution < 1.29 is 83.4 Å². The summed E-state index contributed by atoms with van der Waals surface area (Å²) in [6, 6.07) is 0. The van der Waals surface area contributed by atoms with Crippen molar-refractivity contribution in [3.05, 3.63) is 11.9 Å². The third kappa shape index (κ3) is 3.58. The summed E-state index contributed by atoms with van der Waals surface area (Å²) in [6.07, 6.45) is -7.11. The highest BCUT2D eigenvalue weighted by atomic mass is 19.4. The van der Waals surface area contributed by atoms with Crippen molar-refractivity contribution in [3.8, 4) is 0 Å². The van der Waals surface area contributed by atoms with Gasteiger partial charge in [0.05, 0.1) is 0 Å². The summed E-state index contributed by atoms with van der Waals surface area (Å²) in [6.45, 7) is -0.121. The Morgan fingerprint density at radius 3 is 0.968 bits per heavy atom. The highest BCUT2D eigenvalue weighted by Crippen LogP contribution is 2.64. The smallest absolute Gasteiger partial charge is 0.200 e. The molecule has 0 aliphatic rings. The predicted octanol–water partition coefficient (Wildman–Crippen LogP) is 7.56. The van der Waals surface area contributed by atoms with Gasteiger partial charge in [0.1, 0.15) is 0 Å². The van der Waals surface area contributed by atoms with Gasteiger partial charge in [-0.25, -0.2) is 0 Å². The average Bonchev–Trinajstić information content (AvgIpc) is 2.59. The molecule has 0 radical (unpaired) electrons. The highest BCUT2D eigenvalue weighted by molar-refractivity contribution is 5.20. The van der Waals surface area contributed by atoms with E-state index in [1.165, 1.54) is 0 Å². The van der Waals surface area contributed by atoms with E-state index in [0.29, 0.717) is 0 Å². The minimum Gasteiger partial charge on any atom is -0.200 e. The fourth-order valence-electron chi connectivity index (χ4n) is 1.69. The molecule has 0 amide bonds. The number of hydrogen-bond acceptors (Lipinski definition) is 0. The minimum atomic E-state index is -8.78. The first-order chi connectivity index (χ1) is 13.2. The Bertz CT molecular complexity index is 695. The third-order valence-electron chi connectivity index (χ3n) is 3.71. The Kier molecular flexibility index (Phi) is 7.10. The van der Waals surface area contributed by atoms with Crippen LogP contribution in [0.4, 0.5) is 83.4 Å². The molecule has 0 atom stereocenters. The molecule has 0 aromatic rings. The monoisotopic (exact) mass is 510 g/mol. The van der Waals surface area contributed by atoms with E-state index >= 15 is 0 Å². The van der Waals surface area contributed by atoms with Crippen LogP contribution in [0.1, 0.15) is 13.3 Å². The highest BCUT2D eigenvalue weighted by Gasteiger charge is 2.95. The minimum absolute atomic E-state index is 0.121. The lowest BCUT2D eigenvalue weighted by atomic mass is 9.87. The summed E-state index contributed by atoms with van der Waals surface area (Å²) in [7, 11) is 0. The summed E-state index contributed by atoms with van der Waals surface area (Å²) in [5.41, 5.74) is 0. The molecule has 0 aliphatic carbocycles. The molecule has 0 bridgehead atoms. The molecule has 0 saturated heterocycles. The van der Waals surface area contributed by atoms with Gasteiger partial charge in [0, 0.05) is 6.42 Å². The third-order valence-corrected chi connectivity index (χ3v) is 3.71. The normalized spacial score (nSPS) is 15.9. The van der Waals surface area contributed by atoms with E-state index in [1.807, 2.05) is 0 Å². The maximum atomic E-state index is 13.3. The Morgan fingerprint density at radius 2 is 0.710 bits per heavy atom.